The van der Waals surface area contributed by atoms with Crippen molar-refractivity contribution >= 4 is 21.2 Å². The standard InChI is InChI=1S/C19H19N3O2S2/c1-21-9-13(8-20-21)10-22-11-16-15-7-14(17-3-2-6-25-17)4-5-18(15)26(23,24)19(16)12-22/h2-9,16,19H,10-12H2,1H3. The molecule has 0 spiro atoms. The number of sulfone groups is 1. The molecule has 5 rings (SSSR count). The maximum atomic E-state index is 13.0. The second kappa shape index (κ2) is 5.77. The van der Waals surface area contributed by atoms with Crippen molar-refractivity contribution in [2.75, 3.05) is 13.1 Å². The van der Waals surface area contributed by atoms with Gasteiger partial charge in [0.1, 0.15) is 0 Å². The number of hydrogen-bond acceptors (Lipinski definition) is 5. The third-order valence-electron chi connectivity index (χ3n) is 5.43. The molecule has 2 aliphatic rings. The van der Waals surface area contributed by atoms with Gasteiger partial charge in [0, 0.05) is 49.2 Å². The highest BCUT2D eigenvalue weighted by Crippen LogP contribution is 2.46. The summed E-state index contributed by atoms with van der Waals surface area (Å²) in [6, 6.07) is 9.95. The predicted octanol–water partition coefficient (Wildman–Crippen LogP) is 2.90. The molecule has 0 aliphatic carbocycles. The quantitative estimate of drug-likeness (QED) is 0.696. The lowest BCUT2D eigenvalue weighted by Crippen LogP contribution is -2.25. The number of hydrogen-bond donors (Lipinski definition) is 0. The largest absolute Gasteiger partial charge is 0.297 e. The summed E-state index contributed by atoms with van der Waals surface area (Å²) in [5.41, 5.74) is 3.23. The molecule has 26 heavy (non-hydrogen) atoms. The van der Waals surface area contributed by atoms with E-state index in [-0.39, 0.29) is 11.2 Å². The Kier molecular flexibility index (Phi) is 3.60. The van der Waals surface area contributed by atoms with Crippen LogP contribution >= 0.6 is 11.3 Å². The highest BCUT2D eigenvalue weighted by atomic mass is 32.2. The zero-order valence-corrected chi connectivity index (χ0v) is 16.0. The van der Waals surface area contributed by atoms with Crippen molar-refractivity contribution in [3.8, 4) is 10.4 Å². The summed E-state index contributed by atoms with van der Waals surface area (Å²) in [4.78, 5) is 3.96. The zero-order chi connectivity index (χ0) is 17.9. The molecule has 3 aromatic rings. The molecule has 134 valence electrons. The van der Waals surface area contributed by atoms with Crippen LogP contribution in [0.4, 0.5) is 0 Å². The maximum Gasteiger partial charge on any atom is 0.183 e. The fraction of sp³-hybridized carbons (Fsp3) is 0.316. The Morgan fingerprint density at radius 2 is 2.15 bits per heavy atom. The molecule has 1 saturated heterocycles. The van der Waals surface area contributed by atoms with Crippen LogP contribution in [0.3, 0.4) is 0 Å². The number of benzene rings is 1. The van der Waals surface area contributed by atoms with Gasteiger partial charge in [-0.1, -0.05) is 12.1 Å². The molecule has 4 heterocycles. The average Bonchev–Trinajstić information content (AvgIpc) is 3.37. The fourth-order valence-electron chi connectivity index (χ4n) is 4.26. The third kappa shape index (κ3) is 2.46. The first kappa shape index (κ1) is 16.2. The number of rotatable bonds is 3. The second-order valence-corrected chi connectivity index (χ2v) is 10.2. The molecule has 2 atom stereocenters. The predicted molar refractivity (Wildman–Crippen MR) is 102 cm³/mol. The summed E-state index contributed by atoms with van der Waals surface area (Å²) >= 11 is 1.68. The first-order valence-electron chi connectivity index (χ1n) is 8.64. The molecule has 1 aromatic carbocycles. The van der Waals surface area contributed by atoms with Crippen LogP contribution in [0.2, 0.25) is 0 Å². The number of aryl methyl sites for hydroxylation is 1. The lowest BCUT2D eigenvalue weighted by atomic mass is 9.96. The first-order valence-corrected chi connectivity index (χ1v) is 11.1. The molecule has 0 saturated carbocycles. The van der Waals surface area contributed by atoms with Crippen LogP contribution in [0.1, 0.15) is 17.0 Å². The number of nitrogens with zero attached hydrogens (tertiary/aromatic N) is 3. The van der Waals surface area contributed by atoms with Crippen molar-refractivity contribution < 1.29 is 8.42 Å². The van der Waals surface area contributed by atoms with Crippen molar-refractivity contribution in [1.82, 2.24) is 14.7 Å². The van der Waals surface area contributed by atoms with Crippen LogP contribution in [0.5, 0.6) is 0 Å². The van der Waals surface area contributed by atoms with Crippen molar-refractivity contribution in [2.45, 2.75) is 22.6 Å². The molecule has 0 N–H and O–H groups in total. The third-order valence-corrected chi connectivity index (χ3v) is 8.60. The SMILES string of the molecule is Cn1cc(CN2CC3c4cc(-c5cccs5)ccc4S(=O)(=O)C3C2)cn1. The second-order valence-electron chi connectivity index (χ2n) is 7.14. The number of likely N-dealkylation sites (tertiary alicyclic amines) is 1. The molecule has 2 unspecified atom stereocenters. The van der Waals surface area contributed by atoms with Gasteiger partial charge < -0.3 is 0 Å². The van der Waals surface area contributed by atoms with E-state index in [0.29, 0.717) is 11.4 Å². The minimum absolute atomic E-state index is 0.0617. The van der Waals surface area contributed by atoms with Crippen molar-refractivity contribution in [1.29, 1.82) is 0 Å². The van der Waals surface area contributed by atoms with E-state index in [1.165, 1.54) is 4.88 Å². The summed E-state index contributed by atoms with van der Waals surface area (Å²) in [7, 11) is -1.35. The molecule has 0 bridgehead atoms. The van der Waals surface area contributed by atoms with Gasteiger partial charge in [-0.2, -0.15) is 5.10 Å². The number of aromatic nitrogens is 2. The van der Waals surface area contributed by atoms with E-state index in [1.807, 2.05) is 43.0 Å². The van der Waals surface area contributed by atoms with Gasteiger partial charge in [-0.05, 0) is 34.7 Å². The van der Waals surface area contributed by atoms with E-state index in [0.717, 1.165) is 29.8 Å². The zero-order valence-electron chi connectivity index (χ0n) is 14.4. The van der Waals surface area contributed by atoms with Crippen LogP contribution in [-0.4, -0.2) is 41.4 Å². The number of thiophene rings is 1. The summed E-state index contributed by atoms with van der Waals surface area (Å²) in [6.45, 7) is 2.11. The fourth-order valence-corrected chi connectivity index (χ4v) is 7.18. The van der Waals surface area contributed by atoms with E-state index >= 15 is 0 Å². The van der Waals surface area contributed by atoms with Gasteiger partial charge >= 0.3 is 0 Å². The van der Waals surface area contributed by atoms with Crippen molar-refractivity contribution in [3.05, 3.63) is 59.2 Å². The van der Waals surface area contributed by atoms with E-state index in [9.17, 15) is 8.42 Å². The van der Waals surface area contributed by atoms with Crippen LogP contribution < -0.4 is 0 Å². The maximum absolute atomic E-state index is 13.0. The van der Waals surface area contributed by atoms with Gasteiger partial charge in [-0.3, -0.25) is 9.58 Å². The molecule has 2 aliphatic heterocycles. The van der Waals surface area contributed by atoms with Crippen LogP contribution in [0.25, 0.3) is 10.4 Å². The molecule has 7 heteroatoms. The highest BCUT2D eigenvalue weighted by Gasteiger charge is 2.50. The lowest BCUT2D eigenvalue weighted by molar-refractivity contribution is 0.325. The minimum atomic E-state index is -3.25. The first-order chi connectivity index (χ1) is 12.5. The topological polar surface area (TPSA) is 55.2 Å². The molecular formula is C19H19N3O2S2. The van der Waals surface area contributed by atoms with Crippen LogP contribution in [-0.2, 0) is 23.4 Å². The van der Waals surface area contributed by atoms with Gasteiger partial charge in [0.05, 0.1) is 16.3 Å². The smallest absolute Gasteiger partial charge is 0.183 e. The van der Waals surface area contributed by atoms with Gasteiger partial charge in [0.15, 0.2) is 9.84 Å². The van der Waals surface area contributed by atoms with E-state index in [1.54, 1.807) is 16.0 Å². The molecule has 5 nitrogen and oxygen atoms in total. The molecule has 0 amide bonds. The van der Waals surface area contributed by atoms with E-state index in [4.69, 9.17) is 0 Å². The molecule has 2 aromatic heterocycles. The van der Waals surface area contributed by atoms with Gasteiger partial charge in [0.25, 0.3) is 0 Å². The average molecular weight is 386 g/mol. The van der Waals surface area contributed by atoms with Crippen molar-refractivity contribution in [3.63, 3.8) is 0 Å². The Bertz CT molecular complexity index is 1070. The molecular weight excluding hydrogens is 366 g/mol. The summed E-state index contributed by atoms with van der Waals surface area (Å²) in [6.07, 6.45) is 3.84. The Morgan fingerprint density at radius 3 is 2.88 bits per heavy atom. The van der Waals surface area contributed by atoms with E-state index < -0.39 is 9.84 Å². The Hall–Kier alpha value is -1.96. The minimum Gasteiger partial charge on any atom is -0.297 e. The van der Waals surface area contributed by atoms with Gasteiger partial charge in [-0.15, -0.1) is 11.3 Å². The number of fused-ring (bicyclic) bond motifs is 3. The molecule has 0 radical (unpaired) electrons. The monoisotopic (exact) mass is 385 g/mol. The Labute approximate surface area is 156 Å². The van der Waals surface area contributed by atoms with E-state index in [2.05, 4.69) is 22.1 Å². The van der Waals surface area contributed by atoms with Crippen LogP contribution in [0, 0.1) is 0 Å². The lowest BCUT2D eigenvalue weighted by Gasteiger charge is -2.16. The summed E-state index contributed by atoms with van der Waals surface area (Å²) < 4.78 is 27.8. The normalized spacial score (nSPS) is 23.9. The van der Waals surface area contributed by atoms with Gasteiger partial charge in [0.2, 0.25) is 0 Å². The Morgan fingerprint density at radius 1 is 1.27 bits per heavy atom. The van der Waals surface area contributed by atoms with Gasteiger partial charge in [-0.25, -0.2) is 8.42 Å². The Balaban J connectivity index is 1.48. The van der Waals surface area contributed by atoms with Crippen LogP contribution in [0.15, 0.2) is 53.0 Å². The molecule has 1 fully saturated rings. The highest BCUT2D eigenvalue weighted by molar-refractivity contribution is 7.92. The summed E-state index contributed by atoms with van der Waals surface area (Å²) in [5.74, 6) is 0.0617. The van der Waals surface area contributed by atoms with Crippen molar-refractivity contribution in [2.24, 2.45) is 7.05 Å². The summed E-state index contributed by atoms with van der Waals surface area (Å²) in [5, 5.41) is 5.93.